The summed E-state index contributed by atoms with van der Waals surface area (Å²) in [7, 11) is 0. The van der Waals surface area contributed by atoms with E-state index in [4.69, 9.17) is 0 Å². The second-order valence-electron chi connectivity index (χ2n) is 7.11. The molecule has 1 amide bonds. The molecule has 0 spiro atoms. The van der Waals surface area contributed by atoms with Gasteiger partial charge in [0.25, 0.3) is 0 Å². The normalized spacial score (nSPS) is 17.1. The average molecular weight is 382 g/mol. The van der Waals surface area contributed by atoms with Crippen LogP contribution >= 0.6 is 11.3 Å². The molecule has 1 atom stereocenters. The van der Waals surface area contributed by atoms with E-state index in [2.05, 4.69) is 26.5 Å². The van der Waals surface area contributed by atoms with Crippen molar-refractivity contribution >= 4 is 28.1 Å². The number of aromatic nitrogens is 3. The molecule has 0 aliphatic carbocycles. The molecule has 4 rings (SSSR count). The fraction of sp³-hybridized carbons (Fsp3) is 0.350. The minimum atomic E-state index is -0.0431. The number of aryl methyl sites for hydroxylation is 2. The van der Waals surface area contributed by atoms with Crippen LogP contribution in [0.3, 0.4) is 0 Å². The zero-order valence-electron chi connectivity index (χ0n) is 15.6. The van der Waals surface area contributed by atoms with Gasteiger partial charge in [-0.3, -0.25) is 9.36 Å². The van der Waals surface area contributed by atoms with Gasteiger partial charge in [0.05, 0.1) is 5.92 Å². The van der Waals surface area contributed by atoms with Gasteiger partial charge < -0.3 is 10.2 Å². The van der Waals surface area contributed by atoms with Crippen molar-refractivity contribution in [1.82, 2.24) is 14.8 Å². The number of nitrogens with zero attached hydrogens (tertiary/aromatic N) is 4. The number of hydrogen-bond donors (Lipinski definition) is 1. The molecule has 3 heterocycles. The van der Waals surface area contributed by atoms with Crippen LogP contribution in [0.5, 0.6) is 0 Å². The van der Waals surface area contributed by atoms with Crippen molar-refractivity contribution in [1.29, 1.82) is 0 Å². The molecule has 2 aromatic heterocycles. The van der Waals surface area contributed by atoms with Gasteiger partial charge in [-0.05, 0) is 62.1 Å². The lowest BCUT2D eigenvalue weighted by Gasteiger charge is -2.31. The average Bonchev–Trinajstić information content (AvgIpc) is 3.32. The number of hydrogen-bond acceptors (Lipinski definition) is 5. The Kier molecular flexibility index (Phi) is 4.94. The second-order valence-corrected chi connectivity index (χ2v) is 8.04. The van der Waals surface area contributed by atoms with Gasteiger partial charge in [0, 0.05) is 31.2 Å². The van der Waals surface area contributed by atoms with Crippen molar-refractivity contribution in [2.75, 3.05) is 23.3 Å². The van der Waals surface area contributed by atoms with Crippen LogP contribution in [0.4, 0.5) is 10.8 Å². The summed E-state index contributed by atoms with van der Waals surface area (Å²) in [4.78, 5) is 15.0. The van der Waals surface area contributed by atoms with E-state index in [0.29, 0.717) is 6.54 Å². The Balaban J connectivity index is 1.44. The molecule has 1 aromatic carbocycles. The smallest absolute Gasteiger partial charge is 0.229 e. The first-order chi connectivity index (χ1) is 13.1. The molecule has 7 heteroatoms. The molecule has 1 fully saturated rings. The monoisotopic (exact) mass is 381 g/mol. The predicted octanol–water partition coefficient (Wildman–Crippen LogP) is 3.80. The minimum absolute atomic E-state index is 0.0431. The highest BCUT2D eigenvalue weighted by Gasteiger charge is 2.28. The predicted molar refractivity (Wildman–Crippen MR) is 109 cm³/mol. The maximum atomic E-state index is 12.8. The fourth-order valence-electron chi connectivity index (χ4n) is 3.56. The summed E-state index contributed by atoms with van der Waals surface area (Å²) < 4.78 is 1.95. The molecule has 140 valence electrons. The largest absolute Gasteiger partial charge is 0.346 e. The lowest BCUT2D eigenvalue weighted by molar-refractivity contribution is -0.120. The third-order valence-corrected chi connectivity index (χ3v) is 5.78. The van der Waals surface area contributed by atoms with Gasteiger partial charge >= 0.3 is 0 Å². The summed E-state index contributed by atoms with van der Waals surface area (Å²) in [6.45, 7) is 5.68. The zero-order chi connectivity index (χ0) is 18.8. The van der Waals surface area contributed by atoms with Gasteiger partial charge in [0.2, 0.25) is 16.2 Å². The molecule has 1 N–H and O–H groups in total. The maximum absolute atomic E-state index is 12.8. The van der Waals surface area contributed by atoms with Crippen LogP contribution in [0.2, 0.25) is 0 Å². The standard InChI is InChI=1S/C20H23N5OS/c1-14-10-15(2)12-17(11-14)21-18(26)16-6-5-9-25(13-16)20-23-22-19(27-20)24-7-3-4-8-24/h3-4,7-8,10-12,16H,5-6,9,13H2,1-2H3,(H,21,26). The van der Waals surface area contributed by atoms with Crippen LogP contribution in [-0.2, 0) is 4.79 Å². The Morgan fingerprint density at radius 2 is 1.81 bits per heavy atom. The molecule has 0 radical (unpaired) electrons. The minimum Gasteiger partial charge on any atom is -0.346 e. The highest BCUT2D eigenvalue weighted by Crippen LogP contribution is 2.28. The Hall–Kier alpha value is -2.67. The SMILES string of the molecule is Cc1cc(C)cc(NC(=O)C2CCCN(c3nnc(-n4cccc4)s3)C2)c1. The van der Waals surface area contributed by atoms with Crippen molar-refractivity contribution in [3.63, 3.8) is 0 Å². The summed E-state index contributed by atoms with van der Waals surface area (Å²) in [6.07, 6.45) is 5.79. The van der Waals surface area contributed by atoms with Gasteiger partial charge in [0.1, 0.15) is 0 Å². The first-order valence-corrected chi connectivity index (χ1v) is 10.0. The van der Waals surface area contributed by atoms with E-state index >= 15 is 0 Å². The lowest BCUT2D eigenvalue weighted by Crippen LogP contribution is -2.40. The van der Waals surface area contributed by atoms with E-state index in [0.717, 1.165) is 46.5 Å². The quantitative estimate of drug-likeness (QED) is 0.747. The van der Waals surface area contributed by atoms with Gasteiger partial charge in [-0.2, -0.15) is 0 Å². The Labute approximate surface area is 162 Å². The van der Waals surface area contributed by atoms with Crippen LogP contribution in [0, 0.1) is 19.8 Å². The van der Waals surface area contributed by atoms with Gasteiger partial charge in [0.15, 0.2) is 0 Å². The van der Waals surface area contributed by atoms with Gasteiger partial charge in [-0.15, -0.1) is 10.2 Å². The summed E-state index contributed by atoms with van der Waals surface area (Å²) in [5.74, 6) is 0.0401. The van der Waals surface area contributed by atoms with Crippen molar-refractivity contribution in [3.05, 3.63) is 53.9 Å². The number of carbonyl (C=O) groups is 1. The van der Waals surface area contributed by atoms with Crippen LogP contribution < -0.4 is 10.2 Å². The molecule has 1 aliphatic rings. The molecule has 27 heavy (non-hydrogen) atoms. The van der Waals surface area contributed by atoms with E-state index in [1.807, 2.05) is 55.1 Å². The molecule has 6 nitrogen and oxygen atoms in total. The van der Waals surface area contributed by atoms with Gasteiger partial charge in [-0.1, -0.05) is 17.4 Å². The van der Waals surface area contributed by atoms with Crippen LogP contribution in [0.1, 0.15) is 24.0 Å². The highest BCUT2D eigenvalue weighted by molar-refractivity contribution is 7.17. The van der Waals surface area contributed by atoms with Crippen LogP contribution in [0.15, 0.2) is 42.7 Å². The van der Waals surface area contributed by atoms with Crippen molar-refractivity contribution in [2.24, 2.45) is 5.92 Å². The van der Waals surface area contributed by atoms with Crippen molar-refractivity contribution in [3.8, 4) is 5.13 Å². The van der Waals surface area contributed by atoms with Crippen molar-refractivity contribution in [2.45, 2.75) is 26.7 Å². The van der Waals surface area contributed by atoms with E-state index < -0.39 is 0 Å². The van der Waals surface area contributed by atoms with Crippen LogP contribution in [0.25, 0.3) is 5.13 Å². The van der Waals surface area contributed by atoms with E-state index in [-0.39, 0.29) is 11.8 Å². The maximum Gasteiger partial charge on any atom is 0.229 e. The first kappa shape index (κ1) is 17.7. The molecular formula is C20H23N5OS. The Morgan fingerprint density at radius 3 is 2.56 bits per heavy atom. The zero-order valence-corrected chi connectivity index (χ0v) is 16.4. The number of amides is 1. The van der Waals surface area contributed by atoms with E-state index in [1.165, 1.54) is 0 Å². The topological polar surface area (TPSA) is 63.1 Å². The Morgan fingerprint density at radius 1 is 1.11 bits per heavy atom. The molecule has 3 aromatic rings. The number of benzene rings is 1. The molecule has 0 bridgehead atoms. The number of anilines is 2. The fourth-order valence-corrected chi connectivity index (χ4v) is 4.41. The molecule has 1 unspecified atom stereocenters. The van der Waals surface area contributed by atoms with Crippen molar-refractivity contribution < 1.29 is 4.79 Å². The summed E-state index contributed by atoms with van der Waals surface area (Å²) >= 11 is 1.55. The number of piperidine rings is 1. The first-order valence-electron chi connectivity index (χ1n) is 9.19. The van der Waals surface area contributed by atoms with E-state index in [9.17, 15) is 4.79 Å². The molecule has 0 saturated carbocycles. The molecular weight excluding hydrogens is 358 g/mol. The van der Waals surface area contributed by atoms with E-state index in [1.54, 1.807) is 11.3 Å². The second kappa shape index (κ2) is 7.52. The summed E-state index contributed by atoms with van der Waals surface area (Å²) in [6, 6.07) is 10.1. The number of nitrogens with one attached hydrogen (secondary N) is 1. The third kappa shape index (κ3) is 4.03. The number of rotatable bonds is 4. The summed E-state index contributed by atoms with van der Waals surface area (Å²) in [5, 5.41) is 13.4. The lowest BCUT2D eigenvalue weighted by atomic mass is 9.97. The third-order valence-electron chi connectivity index (χ3n) is 4.78. The molecule has 1 saturated heterocycles. The Bertz CT molecular complexity index is 914. The van der Waals surface area contributed by atoms with Gasteiger partial charge in [-0.25, -0.2) is 0 Å². The highest BCUT2D eigenvalue weighted by atomic mass is 32.1. The molecule has 1 aliphatic heterocycles. The van der Waals surface area contributed by atoms with Crippen LogP contribution in [-0.4, -0.2) is 33.8 Å². The number of carbonyl (C=O) groups excluding carboxylic acids is 1. The summed E-state index contributed by atoms with van der Waals surface area (Å²) in [5.41, 5.74) is 3.18.